The van der Waals surface area contributed by atoms with Crippen LogP contribution < -0.4 is 14.8 Å². The Morgan fingerprint density at radius 1 is 1.00 bits per heavy atom. The van der Waals surface area contributed by atoms with Gasteiger partial charge in [0, 0.05) is 23.7 Å². The van der Waals surface area contributed by atoms with Crippen LogP contribution in [0.25, 0.3) is 0 Å². The number of anilines is 1. The number of rotatable bonds is 6. The molecule has 1 N–H and O–H groups in total. The van der Waals surface area contributed by atoms with Gasteiger partial charge in [-0.1, -0.05) is 30.3 Å². The van der Waals surface area contributed by atoms with Gasteiger partial charge in [0.05, 0.1) is 14.2 Å². The Balaban J connectivity index is 1.36. The fraction of sp³-hybridized carbons (Fsp3) is 0.500. The molecule has 2 aliphatic rings. The quantitative estimate of drug-likeness (QED) is 0.775. The van der Waals surface area contributed by atoms with Crippen LogP contribution in [0.5, 0.6) is 11.5 Å². The second-order valence-electron chi connectivity index (χ2n) is 8.15. The number of fused-ring (bicyclic) bond motifs is 1. The SMILES string of the molecule is COc1cc2c(cc1OC)[C@H](CCN1CCC(c3ccccc3)CC1)[C@H](C)N2. The molecule has 28 heavy (non-hydrogen) atoms. The van der Waals surface area contributed by atoms with Crippen molar-refractivity contribution >= 4 is 5.69 Å². The lowest BCUT2D eigenvalue weighted by Gasteiger charge is -2.33. The number of hydrogen-bond donors (Lipinski definition) is 1. The maximum absolute atomic E-state index is 5.53. The highest BCUT2D eigenvalue weighted by atomic mass is 16.5. The minimum absolute atomic E-state index is 0.439. The number of piperidine rings is 1. The van der Waals surface area contributed by atoms with Crippen molar-refractivity contribution < 1.29 is 9.47 Å². The third kappa shape index (κ3) is 3.83. The van der Waals surface area contributed by atoms with Crippen molar-refractivity contribution in [3.8, 4) is 11.5 Å². The number of ether oxygens (including phenoxy) is 2. The molecule has 2 aromatic carbocycles. The van der Waals surface area contributed by atoms with E-state index < -0.39 is 0 Å². The molecule has 2 aromatic rings. The molecular formula is C24H32N2O2. The second-order valence-corrected chi connectivity index (χ2v) is 8.15. The van der Waals surface area contributed by atoms with Crippen LogP contribution in [-0.4, -0.2) is 44.8 Å². The Bertz CT molecular complexity index is 785. The molecule has 0 amide bonds. The first kappa shape index (κ1) is 19.1. The third-order valence-corrected chi connectivity index (χ3v) is 6.56. The lowest BCUT2D eigenvalue weighted by atomic mass is 9.88. The number of likely N-dealkylation sites (tertiary alicyclic amines) is 1. The Kier molecular flexibility index (Phi) is 5.77. The summed E-state index contributed by atoms with van der Waals surface area (Å²) in [4.78, 5) is 2.64. The predicted molar refractivity (Wildman–Crippen MR) is 115 cm³/mol. The number of nitrogens with zero attached hydrogens (tertiary/aromatic N) is 1. The van der Waals surface area contributed by atoms with Crippen molar-refractivity contribution in [2.24, 2.45) is 0 Å². The summed E-state index contributed by atoms with van der Waals surface area (Å²) in [6.07, 6.45) is 3.71. The average Bonchev–Trinajstić information content (AvgIpc) is 3.06. The van der Waals surface area contributed by atoms with Crippen LogP contribution >= 0.6 is 0 Å². The first-order valence-corrected chi connectivity index (χ1v) is 10.5. The summed E-state index contributed by atoms with van der Waals surface area (Å²) in [7, 11) is 3.40. The molecule has 0 aliphatic carbocycles. The summed E-state index contributed by atoms with van der Waals surface area (Å²) >= 11 is 0. The number of nitrogens with one attached hydrogen (secondary N) is 1. The molecule has 0 radical (unpaired) electrons. The van der Waals surface area contributed by atoms with Crippen molar-refractivity contribution in [3.05, 3.63) is 53.6 Å². The smallest absolute Gasteiger partial charge is 0.162 e. The molecule has 150 valence electrons. The third-order valence-electron chi connectivity index (χ3n) is 6.56. The Morgan fingerprint density at radius 3 is 2.36 bits per heavy atom. The van der Waals surface area contributed by atoms with Gasteiger partial charge in [-0.3, -0.25) is 0 Å². The van der Waals surface area contributed by atoms with Gasteiger partial charge in [0.15, 0.2) is 11.5 Å². The highest BCUT2D eigenvalue weighted by molar-refractivity contribution is 5.66. The summed E-state index contributed by atoms with van der Waals surface area (Å²) in [6, 6.07) is 15.7. The summed E-state index contributed by atoms with van der Waals surface area (Å²) in [5.74, 6) is 2.86. The summed E-state index contributed by atoms with van der Waals surface area (Å²) in [5, 5.41) is 3.64. The van der Waals surface area contributed by atoms with Crippen molar-refractivity contribution in [1.82, 2.24) is 4.90 Å². The molecule has 0 spiro atoms. The first-order valence-electron chi connectivity index (χ1n) is 10.5. The highest BCUT2D eigenvalue weighted by Gasteiger charge is 2.31. The zero-order valence-corrected chi connectivity index (χ0v) is 17.3. The van der Waals surface area contributed by atoms with Crippen LogP contribution in [0.1, 0.15) is 49.1 Å². The van der Waals surface area contributed by atoms with E-state index in [1.165, 1.54) is 49.2 Å². The molecule has 0 unspecified atom stereocenters. The highest BCUT2D eigenvalue weighted by Crippen LogP contribution is 2.44. The van der Waals surface area contributed by atoms with E-state index in [-0.39, 0.29) is 0 Å². The van der Waals surface area contributed by atoms with Gasteiger partial charge < -0.3 is 19.7 Å². The van der Waals surface area contributed by atoms with Crippen molar-refractivity contribution in [2.75, 3.05) is 39.2 Å². The molecule has 4 rings (SSSR count). The van der Waals surface area contributed by atoms with Gasteiger partial charge in [-0.15, -0.1) is 0 Å². The fourth-order valence-corrected chi connectivity index (χ4v) is 4.88. The summed E-state index contributed by atoms with van der Waals surface area (Å²) in [5.41, 5.74) is 4.06. The van der Waals surface area contributed by atoms with Crippen molar-refractivity contribution in [1.29, 1.82) is 0 Å². The molecule has 2 heterocycles. The summed E-state index contributed by atoms with van der Waals surface area (Å²) in [6.45, 7) is 5.84. The first-order chi connectivity index (χ1) is 13.7. The van der Waals surface area contributed by atoms with E-state index >= 15 is 0 Å². The number of hydrogen-bond acceptors (Lipinski definition) is 4. The van der Waals surface area contributed by atoms with Crippen LogP contribution in [-0.2, 0) is 0 Å². The zero-order valence-electron chi connectivity index (χ0n) is 17.3. The minimum atomic E-state index is 0.439. The van der Waals surface area contributed by atoms with Gasteiger partial charge in [0.1, 0.15) is 0 Å². The summed E-state index contributed by atoms with van der Waals surface area (Å²) < 4.78 is 11.0. The molecular weight excluding hydrogens is 348 g/mol. The molecule has 0 bridgehead atoms. The topological polar surface area (TPSA) is 33.7 Å². The van der Waals surface area contributed by atoms with Gasteiger partial charge in [0.2, 0.25) is 0 Å². The van der Waals surface area contributed by atoms with Crippen LogP contribution in [0.2, 0.25) is 0 Å². The van der Waals surface area contributed by atoms with E-state index in [2.05, 4.69) is 59.6 Å². The van der Waals surface area contributed by atoms with Crippen molar-refractivity contribution in [3.63, 3.8) is 0 Å². The van der Waals surface area contributed by atoms with Crippen LogP contribution in [0.15, 0.2) is 42.5 Å². The molecule has 4 nitrogen and oxygen atoms in total. The Hall–Kier alpha value is -2.20. The Morgan fingerprint density at radius 2 is 1.68 bits per heavy atom. The maximum Gasteiger partial charge on any atom is 0.162 e. The van der Waals surface area contributed by atoms with E-state index in [9.17, 15) is 0 Å². The average molecular weight is 381 g/mol. The normalized spacial score (nSPS) is 22.5. The predicted octanol–water partition coefficient (Wildman–Crippen LogP) is 4.87. The van der Waals surface area contributed by atoms with E-state index in [1.54, 1.807) is 14.2 Å². The van der Waals surface area contributed by atoms with Crippen LogP contribution in [0, 0.1) is 0 Å². The molecule has 2 atom stereocenters. The van der Waals surface area contributed by atoms with E-state index in [1.807, 2.05) is 0 Å². The zero-order chi connectivity index (χ0) is 19.5. The number of benzene rings is 2. The molecule has 0 saturated carbocycles. The standard InChI is InChI=1S/C24H32N2O2/c1-17-20(21-15-23(27-2)24(28-3)16-22(21)25-17)11-14-26-12-9-19(10-13-26)18-7-5-4-6-8-18/h4-8,15-17,19-20,25H,9-14H2,1-3H3/t17-,20+/m0/s1. The van der Waals surface area contributed by atoms with Crippen molar-refractivity contribution in [2.45, 2.75) is 44.1 Å². The van der Waals surface area contributed by atoms with E-state index in [4.69, 9.17) is 9.47 Å². The Labute approximate surface area is 168 Å². The van der Waals surface area contributed by atoms with Crippen LogP contribution in [0.4, 0.5) is 5.69 Å². The number of methoxy groups -OCH3 is 2. The second kappa shape index (κ2) is 8.44. The van der Waals surface area contributed by atoms with Crippen LogP contribution in [0.3, 0.4) is 0 Å². The largest absolute Gasteiger partial charge is 0.493 e. The molecule has 4 heteroatoms. The molecule has 0 aromatic heterocycles. The lowest BCUT2D eigenvalue weighted by molar-refractivity contribution is 0.204. The van der Waals surface area contributed by atoms with E-state index in [0.717, 1.165) is 24.0 Å². The molecule has 1 fully saturated rings. The van der Waals surface area contributed by atoms with Gasteiger partial charge in [-0.2, -0.15) is 0 Å². The van der Waals surface area contributed by atoms with Gasteiger partial charge in [0.25, 0.3) is 0 Å². The molecule has 2 aliphatic heterocycles. The molecule has 1 saturated heterocycles. The van der Waals surface area contributed by atoms with E-state index in [0.29, 0.717) is 12.0 Å². The van der Waals surface area contributed by atoms with Gasteiger partial charge in [-0.05, 0) is 68.9 Å². The minimum Gasteiger partial charge on any atom is -0.493 e. The maximum atomic E-state index is 5.53. The van der Waals surface area contributed by atoms with Gasteiger partial charge in [-0.25, -0.2) is 0 Å². The fourth-order valence-electron chi connectivity index (χ4n) is 4.88. The van der Waals surface area contributed by atoms with Gasteiger partial charge >= 0.3 is 0 Å². The monoisotopic (exact) mass is 380 g/mol. The lowest BCUT2D eigenvalue weighted by Crippen LogP contribution is -2.35.